The van der Waals surface area contributed by atoms with E-state index in [2.05, 4.69) is 14.6 Å². The van der Waals surface area contributed by atoms with Crippen LogP contribution in [0, 0.1) is 0 Å². The van der Waals surface area contributed by atoms with Crippen LogP contribution in [0.5, 0.6) is 0 Å². The number of fused-ring (bicyclic) bond motifs is 1. The minimum Gasteiger partial charge on any atom is -0.598 e. The number of hydrogen-bond donors (Lipinski definition) is 1. The Morgan fingerprint density at radius 1 is 1.43 bits per heavy atom. The molecule has 0 saturated carbocycles. The Morgan fingerprint density at radius 2 is 2.11 bits per heavy atom. The second kappa shape index (κ2) is 7.68. The van der Waals surface area contributed by atoms with E-state index in [4.69, 9.17) is 11.6 Å². The molecule has 1 unspecified atom stereocenters. The topological polar surface area (TPSA) is 89.8 Å². The zero-order valence-electron chi connectivity index (χ0n) is 16.8. The van der Waals surface area contributed by atoms with E-state index < -0.39 is 31.2 Å². The fourth-order valence-corrected chi connectivity index (χ4v) is 5.60. The van der Waals surface area contributed by atoms with Crippen LogP contribution in [-0.2, 0) is 21.2 Å². The standard InChI is InChI=1S/C18H27ClN4O3S2/c1-12-10-22(6-7-28(12,25)26)17-14(13(2)21-27(24)18(3,4)5)8-15(19)16-9-20-11-23(16)17/h8-9,11-13,21H,6-7,10H2,1-5H3/t12?,13-,27-/m0/s1. The smallest absolute Gasteiger partial charge is 0.156 e. The summed E-state index contributed by atoms with van der Waals surface area (Å²) in [5, 5.41) is 0.0828. The molecule has 0 radical (unpaired) electrons. The molecule has 3 rings (SSSR count). The van der Waals surface area contributed by atoms with Gasteiger partial charge in [-0.3, -0.25) is 4.40 Å². The lowest BCUT2D eigenvalue weighted by Gasteiger charge is -2.35. The van der Waals surface area contributed by atoms with E-state index in [0.717, 1.165) is 16.9 Å². The lowest BCUT2D eigenvalue weighted by atomic mass is 10.1. The molecule has 10 heteroatoms. The van der Waals surface area contributed by atoms with Gasteiger partial charge in [0, 0.05) is 30.0 Å². The maximum Gasteiger partial charge on any atom is 0.156 e. The van der Waals surface area contributed by atoms with E-state index in [1.165, 1.54) is 0 Å². The molecule has 2 aromatic rings. The van der Waals surface area contributed by atoms with E-state index >= 15 is 0 Å². The first-order valence-corrected chi connectivity index (χ1v) is 12.4. The Bertz CT molecular complexity index is 971. The number of aromatic nitrogens is 2. The average molecular weight is 447 g/mol. The number of hydrogen-bond acceptors (Lipinski definition) is 6. The summed E-state index contributed by atoms with van der Waals surface area (Å²) in [6.07, 6.45) is 3.37. The number of imidazole rings is 1. The van der Waals surface area contributed by atoms with Crippen molar-refractivity contribution >= 4 is 44.1 Å². The highest BCUT2D eigenvalue weighted by Crippen LogP contribution is 2.35. The highest BCUT2D eigenvalue weighted by Gasteiger charge is 2.34. The molecular formula is C18H27ClN4O3S2. The van der Waals surface area contributed by atoms with Crippen molar-refractivity contribution in [3.8, 4) is 0 Å². The Morgan fingerprint density at radius 3 is 2.71 bits per heavy atom. The first-order valence-electron chi connectivity index (χ1n) is 9.21. The van der Waals surface area contributed by atoms with Crippen LogP contribution in [0.25, 0.3) is 5.52 Å². The van der Waals surface area contributed by atoms with Crippen molar-refractivity contribution < 1.29 is 13.0 Å². The van der Waals surface area contributed by atoms with Crippen LogP contribution in [0.15, 0.2) is 18.6 Å². The Balaban J connectivity index is 2.06. The molecule has 3 atom stereocenters. The van der Waals surface area contributed by atoms with Crippen LogP contribution >= 0.6 is 11.6 Å². The van der Waals surface area contributed by atoms with Crippen LogP contribution in [0.2, 0.25) is 5.02 Å². The number of rotatable bonds is 4. The lowest BCUT2D eigenvalue weighted by Crippen LogP contribution is -2.47. The SMILES string of the molecule is CC1CN(c2c([C@H](C)N[S@@+]([O-])C(C)(C)C)cc(Cl)c3cncn23)CCS1(=O)=O. The van der Waals surface area contributed by atoms with Crippen molar-refractivity contribution in [2.75, 3.05) is 23.7 Å². The molecular weight excluding hydrogens is 420 g/mol. The van der Waals surface area contributed by atoms with E-state index in [1.54, 1.807) is 19.4 Å². The predicted molar refractivity (Wildman–Crippen MR) is 115 cm³/mol. The minimum atomic E-state index is -3.08. The number of halogens is 1. The third-order valence-corrected chi connectivity index (χ3v) is 9.10. The molecule has 0 aromatic carbocycles. The molecule has 0 spiro atoms. The van der Waals surface area contributed by atoms with Gasteiger partial charge in [0.15, 0.2) is 9.84 Å². The molecule has 0 aliphatic carbocycles. The van der Waals surface area contributed by atoms with Gasteiger partial charge in [-0.1, -0.05) is 11.6 Å². The van der Waals surface area contributed by atoms with Crippen molar-refractivity contribution in [3.63, 3.8) is 0 Å². The fraction of sp³-hybridized carbons (Fsp3) is 0.611. The second-order valence-electron chi connectivity index (χ2n) is 8.26. The summed E-state index contributed by atoms with van der Waals surface area (Å²) >= 11 is 5.22. The van der Waals surface area contributed by atoms with Crippen LogP contribution in [-0.4, -0.2) is 51.2 Å². The van der Waals surface area contributed by atoms with Gasteiger partial charge in [-0.2, -0.15) is 0 Å². The van der Waals surface area contributed by atoms with Gasteiger partial charge in [-0.05, 0) is 40.7 Å². The number of sulfone groups is 1. The van der Waals surface area contributed by atoms with Crippen molar-refractivity contribution in [3.05, 3.63) is 29.2 Å². The van der Waals surface area contributed by atoms with Gasteiger partial charge in [-0.15, -0.1) is 4.72 Å². The van der Waals surface area contributed by atoms with Crippen molar-refractivity contribution in [1.82, 2.24) is 14.1 Å². The Labute approximate surface area is 174 Å². The predicted octanol–water partition coefficient (Wildman–Crippen LogP) is 2.72. The summed E-state index contributed by atoms with van der Waals surface area (Å²) in [4.78, 5) is 6.28. The highest BCUT2D eigenvalue weighted by molar-refractivity contribution is 7.92. The van der Waals surface area contributed by atoms with Gasteiger partial charge in [0.05, 0.1) is 33.8 Å². The normalized spacial score (nSPS) is 22.4. The summed E-state index contributed by atoms with van der Waals surface area (Å²) in [6, 6.07) is 1.60. The molecule has 1 fully saturated rings. The summed E-state index contributed by atoms with van der Waals surface area (Å²) in [5.74, 6) is 0.937. The van der Waals surface area contributed by atoms with Crippen molar-refractivity contribution in [2.45, 2.75) is 50.7 Å². The van der Waals surface area contributed by atoms with Gasteiger partial charge in [0.25, 0.3) is 0 Å². The summed E-state index contributed by atoms with van der Waals surface area (Å²) in [7, 11) is -3.08. The molecule has 28 heavy (non-hydrogen) atoms. The second-order valence-corrected chi connectivity index (χ2v) is 13.2. The number of anilines is 1. The molecule has 1 N–H and O–H groups in total. The van der Waals surface area contributed by atoms with Crippen LogP contribution < -0.4 is 9.62 Å². The molecule has 1 saturated heterocycles. The highest BCUT2D eigenvalue weighted by atomic mass is 35.5. The maximum absolute atomic E-state index is 12.6. The molecule has 0 amide bonds. The first kappa shape index (κ1) is 21.7. The molecule has 3 heterocycles. The minimum absolute atomic E-state index is 0.0994. The average Bonchev–Trinajstić information content (AvgIpc) is 3.06. The number of nitrogens with one attached hydrogen (secondary N) is 1. The zero-order chi connectivity index (χ0) is 20.9. The maximum atomic E-state index is 12.6. The van der Waals surface area contributed by atoms with Gasteiger partial charge >= 0.3 is 0 Å². The van der Waals surface area contributed by atoms with E-state index in [1.807, 2.05) is 38.2 Å². The van der Waals surface area contributed by atoms with Crippen molar-refractivity contribution in [2.24, 2.45) is 0 Å². The number of nitrogens with zero attached hydrogens (tertiary/aromatic N) is 3. The first-order chi connectivity index (χ1) is 12.9. The summed E-state index contributed by atoms with van der Waals surface area (Å²) < 4.78 is 41.6. The largest absolute Gasteiger partial charge is 0.598 e. The van der Waals surface area contributed by atoms with E-state index in [-0.39, 0.29) is 11.8 Å². The molecule has 1 aliphatic rings. The van der Waals surface area contributed by atoms with Gasteiger partial charge in [0.1, 0.15) is 16.9 Å². The molecule has 156 valence electrons. The van der Waals surface area contributed by atoms with Crippen LogP contribution in [0.3, 0.4) is 0 Å². The molecule has 0 bridgehead atoms. The molecule has 1 aliphatic heterocycles. The lowest BCUT2D eigenvalue weighted by molar-refractivity contribution is 0.530. The summed E-state index contributed by atoms with van der Waals surface area (Å²) in [5.41, 5.74) is 1.62. The quantitative estimate of drug-likeness (QED) is 0.726. The molecule has 7 nitrogen and oxygen atoms in total. The Kier molecular flexibility index (Phi) is 5.95. The number of pyridine rings is 1. The van der Waals surface area contributed by atoms with Crippen molar-refractivity contribution in [1.29, 1.82) is 0 Å². The van der Waals surface area contributed by atoms with Gasteiger partial charge < -0.3 is 9.45 Å². The van der Waals surface area contributed by atoms with E-state index in [0.29, 0.717) is 18.1 Å². The third-order valence-electron chi connectivity index (χ3n) is 4.99. The fourth-order valence-electron chi connectivity index (χ4n) is 3.26. The Hall–Kier alpha value is -1.00. The monoisotopic (exact) mass is 446 g/mol. The zero-order valence-corrected chi connectivity index (χ0v) is 19.2. The van der Waals surface area contributed by atoms with Crippen LogP contribution in [0.1, 0.15) is 46.2 Å². The van der Waals surface area contributed by atoms with Crippen LogP contribution in [0.4, 0.5) is 5.82 Å². The van der Waals surface area contributed by atoms with E-state index in [9.17, 15) is 13.0 Å². The van der Waals surface area contributed by atoms with Gasteiger partial charge in [-0.25, -0.2) is 13.4 Å². The van der Waals surface area contributed by atoms with Gasteiger partial charge in [0.2, 0.25) is 0 Å². The summed E-state index contributed by atoms with van der Waals surface area (Å²) in [6.45, 7) is 10.2. The third kappa shape index (κ3) is 4.14. The molecule has 2 aromatic heterocycles.